The average Bonchev–Trinajstić information content (AvgIpc) is 2.09. The van der Waals surface area contributed by atoms with Gasteiger partial charge in [-0.2, -0.15) is 0 Å². The second kappa shape index (κ2) is 4.99. The predicted octanol–water partition coefficient (Wildman–Crippen LogP) is 3.06. The largest absolute Gasteiger partial charge is 0.316 e. The maximum Gasteiger partial charge on any atom is 0.0115 e. The molecule has 1 saturated carbocycles. The third kappa shape index (κ3) is 2.98. The third-order valence-corrected chi connectivity index (χ3v) is 3.62. The molecule has 0 amide bonds. The molecule has 1 unspecified atom stereocenters. The van der Waals surface area contributed by atoms with E-state index < -0.39 is 0 Å². The van der Waals surface area contributed by atoms with Crippen LogP contribution in [0.3, 0.4) is 0 Å². The highest BCUT2D eigenvalue weighted by molar-refractivity contribution is 4.81. The maximum atomic E-state index is 3.49. The Hall–Kier alpha value is -0.0400. The zero-order chi connectivity index (χ0) is 9.84. The first kappa shape index (κ1) is 11.0. The minimum absolute atomic E-state index is 0.743. The zero-order valence-electron chi connectivity index (χ0n) is 9.64. The summed E-state index contributed by atoms with van der Waals surface area (Å²) < 4.78 is 0. The van der Waals surface area contributed by atoms with Crippen molar-refractivity contribution in [3.05, 3.63) is 0 Å². The van der Waals surface area contributed by atoms with Gasteiger partial charge in [0.05, 0.1) is 0 Å². The lowest BCUT2D eigenvalue weighted by Gasteiger charge is -2.34. The predicted molar refractivity (Wildman–Crippen MR) is 58.8 cm³/mol. The van der Waals surface area contributed by atoms with Crippen LogP contribution in [-0.4, -0.2) is 13.1 Å². The van der Waals surface area contributed by atoms with Crippen molar-refractivity contribution in [1.82, 2.24) is 5.32 Å². The van der Waals surface area contributed by atoms with E-state index >= 15 is 0 Å². The molecule has 0 aromatic heterocycles. The van der Waals surface area contributed by atoms with Crippen LogP contribution in [0.2, 0.25) is 0 Å². The van der Waals surface area contributed by atoms with Gasteiger partial charge in [0.15, 0.2) is 0 Å². The standard InChI is InChI=1S/C12H25N/c1-9(2)12(13-4)11-7-5-10(3)6-8-11/h9-13H,5-8H2,1-4H3. The van der Waals surface area contributed by atoms with Crippen LogP contribution in [-0.2, 0) is 0 Å². The topological polar surface area (TPSA) is 12.0 Å². The van der Waals surface area contributed by atoms with Gasteiger partial charge in [0.2, 0.25) is 0 Å². The fourth-order valence-corrected chi connectivity index (χ4v) is 2.76. The average molecular weight is 183 g/mol. The summed E-state index contributed by atoms with van der Waals surface area (Å²) >= 11 is 0. The summed E-state index contributed by atoms with van der Waals surface area (Å²) in [5, 5.41) is 3.49. The number of hydrogen-bond donors (Lipinski definition) is 1. The molecule has 1 aliphatic carbocycles. The van der Waals surface area contributed by atoms with Gasteiger partial charge in [-0.25, -0.2) is 0 Å². The molecule has 0 aliphatic heterocycles. The minimum Gasteiger partial charge on any atom is -0.316 e. The Morgan fingerprint density at radius 2 is 1.62 bits per heavy atom. The van der Waals surface area contributed by atoms with E-state index in [2.05, 4.69) is 33.1 Å². The number of nitrogens with one attached hydrogen (secondary N) is 1. The van der Waals surface area contributed by atoms with Crippen LogP contribution >= 0.6 is 0 Å². The summed E-state index contributed by atoms with van der Waals surface area (Å²) in [4.78, 5) is 0. The van der Waals surface area contributed by atoms with E-state index in [1.807, 2.05) is 0 Å². The van der Waals surface area contributed by atoms with Crippen LogP contribution in [0.5, 0.6) is 0 Å². The Morgan fingerprint density at radius 1 is 1.08 bits per heavy atom. The Kier molecular flexibility index (Phi) is 4.24. The van der Waals surface area contributed by atoms with Gasteiger partial charge in [-0.1, -0.05) is 33.6 Å². The zero-order valence-corrected chi connectivity index (χ0v) is 9.64. The third-order valence-electron chi connectivity index (χ3n) is 3.62. The van der Waals surface area contributed by atoms with Crippen LogP contribution in [0, 0.1) is 17.8 Å². The van der Waals surface area contributed by atoms with Gasteiger partial charge in [-0.15, -0.1) is 0 Å². The Morgan fingerprint density at radius 3 is 2.00 bits per heavy atom. The van der Waals surface area contributed by atoms with Gasteiger partial charge >= 0.3 is 0 Å². The highest BCUT2D eigenvalue weighted by atomic mass is 14.9. The molecule has 13 heavy (non-hydrogen) atoms. The van der Waals surface area contributed by atoms with E-state index in [-0.39, 0.29) is 0 Å². The van der Waals surface area contributed by atoms with Crippen molar-refractivity contribution in [2.24, 2.45) is 17.8 Å². The van der Waals surface area contributed by atoms with Crippen molar-refractivity contribution in [1.29, 1.82) is 0 Å². The molecule has 1 fully saturated rings. The van der Waals surface area contributed by atoms with E-state index in [1.165, 1.54) is 25.7 Å². The van der Waals surface area contributed by atoms with Crippen molar-refractivity contribution in [3.63, 3.8) is 0 Å². The molecule has 1 aliphatic rings. The van der Waals surface area contributed by atoms with Gasteiger partial charge in [-0.3, -0.25) is 0 Å². The highest BCUT2D eigenvalue weighted by Crippen LogP contribution is 2.32. The van der Waals surface area contributed by atoms with E-state index in [4.69, 9.17) is 0 Å². The maximum absolute atomic E-state index is 3.49. The molecule has 0 aromatic carbocycles. The first-order valence-electron chi connectivity index (χ1n) is 5.82. The smallest absolute Gasteiger partial charge is 0.0115 e. The minimum atomic E-state index is 0.743. The van der Waals surface area contributed by atoms with Gasteiger partial charge in [-0.05, 0) is 37.6 Å². The molecule has 0 heterocycles. The molecular weight excluding hydrogens is 158 g/mol. The molecule has 0 spiro atoms. The molecule has 1 N–H and O–H groups in total. The molecule has 1 rings (SSSR count). The molecular formula is C12H25N. The van der Waals surface area contributed by atoms with E-state index in [0.29, 0.717) is 0 Å². The second-order valence-corrected chi connectivity index (χ2v) is 5.08. The van der Waals surface area contributed by atoms with Crippen LogP contribution in [0.25, 0.3) is 0 Å². The Bertz CT molecular complexity index is 134. The van der Waals surface area contributed by atoms with E-state index in [0.717, 1.165) is 23.8 Å². The molecule has 1 nitrogen and oxygen atoms in total. The summed E-state index contributed by atoms with van der Waals surface area (Å²) in [6, 6.07) is 0.743. The monoisotopic (exact) mass is 183 g/mol. The van der Waals surface area contributed by atoms with Gasteiger partial charge < -0.3 is 5.32 Å². The second-order valence-electron chi connectivity index (χ2n) is 5.08. The molecule has 0 radical (unpaired) electrons. The van der Waals surface area contributed by atoms with E-state index in [1.54, 1.807) is 0 Å². The molecule has 0 aromatic rings. The first-order valence-corrected chi connectivity index (χ1v) is 5.82. The van der Waals surface area contributed by atoms with Gasteiger partial charge in [0.25, 0.3) is 0 Å². The van der Waals surface area contributed by atoms with E-state index in [9.17, 15) is 0 Å². The Balaban J connectivity index is 2.41. The number of rotatable bonds is 3. The fraction of sp³-hybridized carbons (Fsp3) is 1.00. The van der Waals surface area contributed by atoms with Crippen molar-refractivity contribution < 1.29 is 0 Å². The van der Waals surface area contributed by atoms with Crippen molar-refractivity contribution in [3.8, 4) is 0 Å². The Labute approximate surface area is 83.3 Å². The van der Waals surface area contributed by atoms with Crippen LogP contribution in [0.15, 0.2) is 0 Å². The molecule has 1 atom stereocenters. The summed E-state index contributed by atoms with van der Waals surface area (Å²) in [5.41, 5.74) is 0. The number of hydrogen-bond acceptors (Lipinski definition) is 1. The molecule has 78 valence electrons. The van der Waals surface area contributed by atoms with Crippen molar-refractivity contribution >= 4 is 0 Å². The van der Waals surface area contributed by atoms with Crippen molar-refractivity contribution in [2.75, 3.05) is 7.05 Å². The van der Waals surface area contributed by atoms with Crippen LogP contribution < -0.4 is 5.32 Å². The lowest BCUT2D eigenvalue weighted by molar-refractivity contribution is 0.203. The van der Waals surface area contributed by atoms with Crippen LogP contribution in [0.1, 0.15) is 46.5 Å². The molecule has 1 heteroatoms. The summed E-state index contributed by atoms with van der Waals surface area (Å²) in [6.07, 6.45) is 5.75. The highest BCUT2D eigenvalue weighted by Gasteiger charge is 2.26. The lowest BCUT2D eigenvalue weighted by atomic mass is 9.76. The first-order chi connectivity index (χ1) is 6.15. The molecule has 0 bridgehead atoms. The summed E-state index contributed by atoms with van der Waals surface area (Å²) in [5.74, 6) is 2.69. The van der Waals surface area contributed by atoms with Crippen LogP contribution in [0.4, 0.5) is 0 Å². The quantitative estimate of drug-likeness (QED) is 0.709. The van der Waals surface area contributed by atoms with Gasteiger partial charge in [0, 0.05) is 6.04 Å². The summed E-state index contributed by atoms with van der Waals surface area (Å²) in [6.45, 7) is 7.05. The fourth-order valence-electron chi connectivity index (χ4n) is 2.76. The summed E-state index contributed by atoms with van der Waals surface area (Å²) in [7, 11) is 2.11. The molecule has 0 saturated heterocycles. The van der Waals surface area contributed by atoms with Crippen molar-refractivity contribution in [2.45, 2.75) is 52.5 Å². The normalized spacial score (nSPS) is 32.1. The lowest BCUT2D eigenvalue weighted by Crippen LogP contribution is -2.39. The SMILES string of the molecule is CNC(C(C)C)C1CCC(C)CC1. The van der Waals surface area contributed by atoms with Gasteiger partial charge in [0.1, 0.15) is 0 Å².